The number of hydrogen-bond donors (Lipinski definition) is 0. The zero-order chi connectivity index (χ0) is 12.0. The largest absolute Gasteiger partial charge is 0.455 e. The molecular formula is C11H13NO4. The van der Waals surface area contributed by atoms with Gasteiger partial charge in [-0.05, 0) is 31.5 Å². The highest BCUT2D eigenvalue weighted by Crippen LogP contribution is 2.00. The van der Waals surface area contributed by atoms with E-state index < -0.39 is 11.9 Å². The number of carbonyl (C=O) groups excluding carboxylic acids is 2. The SMILES string of the molecule is CC(C)OC(=O)C(=O)OCc1ccncc1. The molecule has 0 saturated carbocycles. The van der Waals surface area contributed by atoms with Gasteiger partial charge in [0.05, 0.1) is 6.10 Å². The van der Waals surface area contributed by atoms with Gasteiger partial charge < -0.3 is 9.47 Å². The molecule has 1 aromatic rings. The number of nitrogens with zero attached hydrogens (tertiary/aromatic N) is 1. The van der Waals surface area contributed by atoms with Gasteiger partial charge >= 0.3 is 11.9 Å². The van der Waals surface area contributed by atoms with Gasteiger partial charge in [-0.3, -0.25) is 4.98 Å². The number of aromatic nitrogens is 1. The molecule has 0 aliphatic carbocycles. The minimum atomic E-state index is -0.981. The summed E-state index contributed by atoms with van der Waals surface area (Å²) in [6, 6.07) is 3.39. The van der Waals surface area contributed by atoms with Crippen molar-refractivity contribution in [1.29, 1.82) is 0 Å². The van der Waals surface area contributed by atoms with E-state index in [-0.39, 0.29) is 12.7 Å². The zero-order valence-electron chi connectivity index (χ0n) is 9.17. The molecule has 1 heterocycles. The fourth-order valence-corrected chi connectivity index (χ4v) is 0.949. The van der Waals surface area contributed by atoms with E-state index in [1.807, 2.05) is 0 Å². The van der Waals surface area contributed by atoms with E-state index in [4.69, 9.17) is 4.74 Å². The molecule has 0 saturated heterocycles. The van der Waals surface area contributed by atoms with Crippen molar-refractivity contribution >= 4 is 11.9 Å². The molecule has 1 aromatic heterocycles. The first kappa shape index (κ1) is 12.2. The summed E-state index contributed by atoms with van der Waals surface area (Å²) < 4.78 is 9.42. The number of carbonyl (C=O) groups is 2. The average molecular weight is 223 g/mol. The molecule has 0 radical (unpaired) electrons. The summed E-state index contributed by atoms with van der Waals surface area (Å²) >= 11 is 0. The first-order chi connectivity index (χ1) is 7.59. The van der Waals surface area contributed by atoms with E-state index in [1.54, 1.807) is 38.4 Å². The highest BCUT2D eigenvalue weighted by Gasteiger charge is 2.18. The van der Waals surface area contributed by atoms with Crippen LogP contribution in [-0.4, -0.2) is 23.0 Å². The Kier molecular flexibility index (Phi) is 4.44. The Morgan fingerprint density at radius 1 is 1.25 bits per heavy atom. The lowest BCUT2D eigenvalue weighted by Gasteiger charge is -2.07. The third kappa shape index (κ3) is 4.08. The van der Waals surface area contributed by atoms with Gasteiger partial charge in [-0.2, -0.15) is 0 Å². The number of hydrogen-bond acceptors (Lipinski definition) is 5. The fourth-order valence-electron chi connectivity index (χ4n) is 0.949. The van der Waals surface area contributed by atoms with Gasteiger partial charge in [0.15, 0.2) is 0 Å². The fraction of sp³-hybridized carbons (Fsp3) is 0.364. The van der Waals surface area contributed by atoms with Crippen LogP contribution in [0.4, 0.5) is 0 Å². The maximum atomic E-state index is 11.1. The maximum absolute atomic E-state index is 11.1. The Bertz CT molecular complexity index is 362. The molecule has 0 unspecified atom stereocenters. The number of ether oxygens (including phenoxy) is 2. The Labute approximate surface area is 93.4 Å². The lowest BCUT2D eigenvalue weighted by molar-refractivity contribution is -0.170. The van der Waals surface area contributed by atoms with E-state index in [0.29, 0.717) is 0 Å². The lowest BCUT2D eigenvalue weighted by Crippen LogP contribution is -2.23. The van der Waals surface area contributed by atoms with Crippen LogP contribution in [0.1, 0.15) is 19.4 Å². The summed E-state index contributed by atoms with van der Waals surface area (Å²) in [5, 5.41) is 0. The molecule has 0 fully saturated rings. The third-order valence-corrected chi connectivity index (χ3v) is 1.63. The third-order valence-electron chi connectivity index (χ3n) is 1.63. The molecular weight excluding hydrogens is 210 g/mol. The van der Waals surface area contributed by atoms with Gasteiger partial charge in [0.2, 0.25) is 0 Å². The van der Waals surface area contributed by atoms with Gasteiger partial charge in [-0.1, -0.05) is 0 Å². The highest BCUT2D eigenvalue weighted by atomic mass is 16.6. The standard InChI is InChI=1S/C11H13NO4/c1-8(2)16-11(14)10(13)15-7-9-3-5-12-6-4-9/h3-6,8H,7H2,1-2H3. The summed E-state index contributed by atoms with van der Waals surface area (Å²) in [5.74, 6) is -1.95. The average Bonchev–Trinajstić information content (AvgIpc) is 2.26. The summed E-state index contributed by atoms with van der Waals surface area (Å²) in [6.07, 6.45) is 2.83. The second kappa shape index (κ2) is 5.85. The van der Waals surface area contributed by atoms with Crippen molar-refractivity contribution in [2.45, 2.75) is 26.6 Å². The van der Waals surface area contributed by atoms with Crippen molar-refractivity contribution in [3.8, 4) is 0 Å². The van der Waals surface area contributed by atoms with Crippen LogP contribution < -0.4 is 0 Å². The Morgan fingerprint density at radius 3 is 2.44 bits per heavy atom. The van der Waals surface area contributed by atoms with Crippen molar-refractivity contribution in [2.75, 3.05) is 0 Å². The van der Waals surface area contributed by atoms with Gasteiger partial charge in [0, 0.05) is 12.4 Å². The van der Waals surface area contributed by atoms with Crippen molar-refractivity contribution in [2.24, 2.45) is 0 Å². The van der Waals surface area contributed by atoms with Crippen LogP contribution >= 0.6 is 0 Å². The normalized spacial score (nSPS) is 9.94. The maximum Gasteiger partial charge on any atom is 0.417 e. The molecule has 0 aromatic carbocycles. The van der Waals surface area contributed by atoms with Crippen molar-refractivity contribution in [1.82, 2.24) is 4.98 Å². The lowest BCUT2D eigenvalue weighted by atomic mass is 10.3. The zero-order valence-corrected chi connectivity index (χ0v) is 9.17. The Morgan fingerprint density at radius 2 is 1.88 bits per heavy atom. The molecule has 0 spiro atoms. The van der Waals surface area contributed by atoms with Crippen LogP contribution in [0.5, 0.6) is 0 Å². The molecule has 0 amide bonds. The highest BCUT2D eigenvalue weighted by molar-refractivity contribution is 6.29. The van der Waals surface area contributed by atoms with Crippen molar-refractivity contribution < 1.29 is 19.1 Å². The second-order valence-electron chi connectivity index (χ2n) is 3.39. The predicted molar refractivity (Wildman–Crippen MR) is 55.3 cm³/mol. The van der Waals surface area contributed by atoms with Gasteiger partial charge in [0.1, 0.15) is 6.61 Å². The van der Waals surface area contributed by atoms with Crippen LogP contribution in [0.25, 0.3) is 0 Å². The van der Waals surface area contributed by atoms with E-state index in [1.165, 1.54) is 0 Å². The molecule has 16 heavy (non-hydrogen) atoms. The van der Waals surface area contributed by atoms with Crippen molar-refractivity contribution in [3.63, 3.8) is 0 Å². The minimum Gasteiger partial charge on any atom is -0.455 e. The molecule has 5 heteroatoms. The summed E-state index contributed by atoms with van der Waals surface area (Å²) in [4.78, 5) is 26.0. The first-order valence-electron chi connectivity index (χ1n) is 4.86. The first-order valence-corrected chi connectivity index (χ1v) is 4.86. The Balaban J connectivity index is 2.38. The molecule has 0 aliphatic heterocycles. The monoisotopic (exact) mass is 223 g/mol. The topological polar surface area (TPSA) is 65.5 Å². The molecule has 0 atom stereocenters. The number of esters is 2. The molecule has 1 rings (SSSR count). The van der Waals surface area contributed by atoms with E-state index in [0.717, 1.165) is 5.56 Å². The van der Waals surface area contributed by atoms with E-state index in [9.17, 15) is 9.59 Å². The van der Waals surface area contributed by atoms with E-state index in [2.05, 4.69) is 9.72 Å². The van der Waals surface area contributed by atoms with Crippen LogP contribution in [0.3, 0.4) is 0 Å². The minimum absolute atomic E-state index is 0.0363. The van der Waals surface area contributed by atoms with Crippen molar-refractivity contribution in [3.05, 3.63) is 30.1 Å². The quantitative estimate of drug-likeness (QED) is 0.566. The molecule has 5 nitrogen and oxygen atoms in total. The van der Waals surface area contributed by atoms with Crippen LogP contribution in [-0.2, 0) is 25.7 Å². The molecule has 0 bridgehead atoms. The summed E-state index contributed by atoms with van der Waals surface area (Å²) in [6.45, 7) is 3.36. The van der Waals surface area contributed by atoms with Gasteiger partial charge in [-0.25, -0.2) is 9.59 Å². The summed E-state index contributed by atoms with van der Waals surface area (Å²) in [7, 11) is 0. The Hall–Kier alpha value is -1.91. The number of pyridine rings is 1. The molecule has 86 valence electrons. The molecule has 0 aliphatic rings. The van der Waals surface area contributed by atoms with Crippen LogP contribution in [0.2, 0.25) is 0 Å². The van der Waals surface area contributed by atoms with Gasteiger partial charge in [0.25, 0.3) is 0 Å². The van der Waals surface area contributed by atoms with Crippen LogP contribution in [0.15, 0.2) is 24.5 Å². The van der Waals surface area contributed by atoms with Gasteiger partial charge in [-0.15, -0.1) is 0 Å². The second-order valence-corrected chi connectivity index (χ2v) is 3.39. The smallest absolute Gasteiger partial charge is 0.417 e. The number of rotatable bonds is 3. The van der Waals surface area contributed by atoms with E-state index >= 15 is 0 Å². The predicted octanol–water partition coefficient (Wildman–Crippen LogP) is 1.08. The molecule has 0 N–H and O–H groups in total. The van der Waals surface area contributed by atoms with Crippen LogP contribution in [0, 0.1) is 0 Å². The summed E-state index contributed by atoms with van der Waals surface area (Å²) in [5.41, 5.74) is 0.765.